The summed E-state index contributed by atoms with van der Waals surface area (Å²) in [6.45, 7) is 6.12. The van der Waals surface area contributed by atoms with E-state index in [1.807, 2.05) is 36.2 Å². The highest BCUT2D eigenvalue weighted by atomic mass is 35.5. The van der Waals surface area contributed by atoms with Crippen molar-refractivity contribution in [2.75, 3.05) is 26.4 Å². The minimum atomic E-state index is -3.14. The lowest BCUT2D eigenvalue weighted by molar-refractivity contribution is 0.478. The number of aliphatic imine (C=N–C) groups is 1. The lowest BCUT2D eigenvalue weighted by atomic mass is 10.2. The molecule has 0 aliphatic heterocycles. The van der Waals surface area contributed by atoms with Crippen LogP contribution < -0.4 is 5.32 Å². The molecule has 0 saturated heterocycles. The Morgan fingerprint density at radius 3 is 2.30 bits per heavy atom. The van der Waals surface area contributed by atoms with Crippen LogP contribution in [0.2, 0.25) is 5.02 Å². The second-order valence-electron chi connectivity index (χ2n) is 6.39. The van der Waals surface area contributed by atoms with Gasteiger partial charge in [-0.25, -0.2) is 8.42 Å². The molecule has 5 nitrogen and oxygen atoms in total. The van der Waals surface area contributed by atoms with Crippen LogP contribution in [0.4, 0.5) is 0 Å². The first kappa shape index (κ1) is 19.8. The zero-order valence-electron chi connectivity index (χ0n) is 14.4. The van der Waals surface area contributed by atoms with E-state index in [0.29, 0.717) is 24.1 Å². The van der Waals surface area contributed by atoms with E-state index in [1.165, 1.54) is 0 Å². The minimum Gasteiger partial charge on any atom is -0.355 e. The molecular formula is C16H26ClN3O2S. The van der Waals surface area contributed by atoms with Crippen molar-refractivity contribution in [1.82, 2.24) is 10.2 Å². The highest BCUT2D eigenvalue weighted by Crippen LogP contribution is 2.15. The summed E-state index contributed by atoms with van der Waals surface area (Å²) in [5.41, 5.74) is 1.10. The van der Waals surface area contributed by atoms with E-state index in [0.717, 1.165) is 5.56 Å². The topological polar surface area (TPSA) is 61.8 Å². The lowest BCUT2D eigenvalue weighted by Crippen LogP contribution is -2.42. The average molecular weight is 360 g/mol. The molecule has 0 saturated carbocycles. The van der Waals surface area contributed by atoms with Gasteiger partial charge in [0, 0.05) is 32.2 Å². The van der Waals surface area contributed by atoms with Crippen LogP contribution in [0.3, 0.4) is 0 Å². The summed E-state index contributed by atoms with van der Waals surface area (Å²) in [4.78, 5) is 6.13. The number of hydrogen-bond donors (Lipinski definition) is 1. The summed E-state index contributed by atoms with van der Waals surface area (Å²) in [5, 5.41) is 3.80. The maximum atomic E-state index is 12.1. The maximum Gasteiger partial charge on any atom is 0.193 e. The van der Waals surface area contributed by atoms with Crippen LogP contribution in [0.15, 0.2) is 29.3 Å². The van der Waals surface area contributed by atoms with Gasteiger partial charge in [-0.05, 0) is 38.5 Å². The standard InChI is InChI=1S/C16H26ClN3O2S/c1-16(2,3)23(21,22)11-10-19-15(18-4)20(5)12-13-6-8-14(17)9-7-13/h6-9H,10-12H2,1-5H3,(H,18,19). The fourth-order valence-electron chi connectivity index (χ4n) is 1.93. The fourth-order valence-corrected chi connectivity index (χ4v) is 3.04. The van der Waals surface area contributed by atoms with Crippen molar-refractivity contribution in [3.63, 3.8) is 0 Å². The Labute approximate surface area is 144 Å². The van der Waals surface area contributed by atoms with Gasteiger partial charge in [0.25, 0.3) is 0 Å². The molecule has 1 N–H and O–H groups in total. The molecule has 0 radical (unpaired) electrons. The van der Waals surface area contributed by atoms with Gasteiger partial charge in [0.1, 0.15) is 0 Å². The van der Waals surface area contributed by atoms with Gasteiger partial charge in [0.2, 0.25) is 0 Å². The van der Waals surface area contributed by atoms with Gasteiger partial charge in [-0.1, -0.05) is 23.7 Å². The van der Waals surface area contributed by atoms with E-state index in [1.54, 1.807) is 27.8 Å². The van der Waals surface area contributed by atoms with Crippen LogP contribution in [-0.2, 0) is 16.4 Å². The summed E-state index contributed by atoms with van der Waals surface area (Å²) in [5.74, 6) is 0.730. The number of hydrogen-bond acceptors (Lipinski definition) is 3. The molecule has 0 fully saturated rings. The normalized spacial score (nSPS) is 13.0. The Morgan fingerprint density at radius 1 is 1.26 bits per heavy atom. The van der Waals surface area contributed by atoms with Gasteiger partial charge in [-0.2, -0.15) is 0 Å². The van der Waals surface area contributed by atoms with Crippen molar-refractivity contribution in [2.45, 2.75) is 32.1 Å². The molecule has 0 unspecified atom stereocenters. The molecule has 0 spiro atoms. The maximum absolute atomic E-state index is 12.1. The average Bonchev–Trinajstić information content (AvgIpc) is 2.44. The van der Waals surface area contributed by atoms with Crippen molar-refractivity contribution >= 4 is 27.4 Å². The van der Waals surface area contributed by atoms with Crippen molar-refractivity contribution < 1.29 is 8.42 Å². The van der Waals surface area contributed by atoms with Crippen molar-refractivity contribution in [3.05, 3.63) is 34.9 Å². The molecule has 0 heterocycles. The molecular weight excluding hydrogens is 334 g/mol. The van der Waals surface area contributed by atoms with Gasteiger partial charge in [0.15, 0.2) is 15.8 Å². The molecule has 0 atom stereocenters. The number of rotatable bonds is 5. The highest BCUT2D eigenvalue weighted by Gasteiger charge is 2.28. The Morgan fingerprint density at radius 2 is 1.83 bits per heavy atom. The number of nitrogens with zero attached hydrogens (tertiary/aromatic N) is 2. The molecule has 0 bridgehead atoms. The third kappa shape index (κ3) is 6.03. The zero-order valence-corrected chi connectivity index (χ0v) is 16.0. The van der Waals surface area contributed by atoms with Crippen LogP contribution in [0.5, 0.6) is 0 Å². The molecule has 1 aromatic rings. The Hall–Kier alpha value is -1.27. The number of benzene rings is 1. The van der Waals surface area contributed by atoms with E-state index in [2.05, 4.69) is 10.3 Å². The molecule has 0 aliphatic carbocycles. The summed E-state index contributed by atoms with van der Waals surface area (Å²) < 4.78 is 23.5. The summed E-state index contributed by atoms with van der Waals surface area (Å²) in [6.07, 6.45) is 0. The quantitative estimate of drug-likeness (QED) is 0.648. The van der Waals surface area contributed by atoms with Crippen molar-refractivity contribution in [3.8, 4) is 0 Å². The van der Waals surface area contributed by atoms with E-state index in [-0.39, 0.29) is 5.75 Å². The smallest absolute Gasteiger partial charge is 0.193 e. The Balaban J connectivity index is 2.59. The van der Waals surface area contributed by atoms with E-state index in [9.17, 15) is 8.42 Å². The highest BCUT2D eigenvalue weighted by molar-refractivity contribution is 7.92. The number of guanidine groups is 1. The second kappa shape index (κ2) is 8.02. The van der Waals surface area contributed by atoms with E-state index < -0.39 is 14.6 Å². The van der Waals surface area contributed by atoms with Crippen LogP contribution >= 0.6 is 11.6 Å². The third-order valence-electron chi connectivity index (χ3n) is 3.49. The van der Waals surface area contributed by atoms with Crippen LogP contribution in [0.25, 0.3) is 0 Å². The summed E-state index contributed by atoms with van der Waals surface area (Å²) >= 11 is 5.88. The molecule has 1 aromatic carbocycles. The number of sulfone groups is 1. The number of halogens is 1. The predicted octanol–water partition coefficient (Wildman–Crippen LogP) is 2.56. The predicted molar refractivity (Wildman–Crippen MR) is 97.8 cm³/mol. The number of nitrogens with one attached hydrogen (secondary N) is 1. The van der Waals surface area contributed by atoms with Crippen LogP contribution in [0, 0.1) is 0 Å². The monoisotopic (exact) mass is 359 g/mol. The van der Waals surface area contributed by atoms with Gasteiger partial charge in [-0.3, -0.25) is 4.99 Å². The molecule has 23 heavy (non-hydrogen) atoms. The van der Waals surface area contributed by atoms with E-state index in [4.69, 9.17) is 11.6 Å². The van der Waals surface area contributed by atoms with Gasteiger partial charge in [0.05, 0.1) is 10.5 Å². The second-order valence-corrected chi connectivity index (χ2v) is 9.69. The first-order valence-corrected chi connectivity index (χ1v) is 9.48. The first-order chi connectivity index (χ1) is 10.6. The molecule has 0 aliphatic rings. The SMILES string of the molecule is CN=C(NCCS(=O)(=O)C(C)(C)C)N(C)Cc1ccc(Cl)cc1. The molecule has 0 aromatic heterocycles. The third-order valence-corrected chi connectivity index (χ3v) is 6.35. The lowest BCUT2D eigenvalue weighted by Gasteiger charge is -2.23. The molecule has 130 valence electrons. The molecule has 7 heteroatoms. The van der Waals surface area contributed by atoms with Crippen LogP contribution in [0.1, 0.15) is 26.3 Å². The van der Waals surface area contributed by atoms with Crippen molar-refractivity contribution in [2.24, 2.45) is 4.99 Å². The first-order valence-electron chi connectivity index (χ1n) is 7.45. The molecule has 1 rings (SSSR count). The summed E-state index contributed by atoms with van der Waals surface area (Å²) in [6, 6.07) is 7.60. The van der Waals surface area contributed by atoms with Gasteiger partial charge in [-0.15, -0.1) is 0 Å². The zero-order chi connectivity index (χ0) is 17.7. The largest absolute Gasteiger partial charge is 0.355 e. The van der Waals surface area contributed by atoms with E-state index >= 15 is 0 Å². The molecule has 0 amide bonds. The van der Waals surface area contributed by atoms with Crippen molar-refractivity contribution in [1.29, 1.82) is 0 Å². The Kier molecular flexibility index (Phi) is 6.89. The van der Waals surface area contributed by atoms with Crippen LogP contribution in [-0.4, -0.2) is 50.4 Å². The minimum absolute atomic E-state index is 0.0737. The van der Waals surface area contributed by atoms with Gasteiger partial charge >= 0.3 is 0 Å². The fraction of sp³-hybridized carbons (Fsp3) is 0.562. The van der Waals surface area contributed by atoms with Gasteiger partial charge < -0.3 is 10.2 Å². The summed E-state index contributed by atoms with van der Waals surface area (Å²) in [7, 11) is 0.443. The Bertz CT molecular complexity index is 634.